The summed E-state index contributed by atoms with van der Waals surface area (Å²) < 4.78 is 1.19. The minimum atomic E-state index is 0.118. The van der Waals surface area contributed by atoms with Gasteiger partial charge in [-0.2, -0.15) is 0 Å². The number of carbonyl (C=O) groups is 1. The molecule has 1 amide bonds. The lowest BCUT2D eigenvalue weighted by Crippen LogP contribution is -2.63. The Morgan fingerprint density at radius 1 is 1.24 bits per heavy atom. The second-order valence-electron chi connectivity index (χ2n) is 7.91. The van der Waals surface area contributed by atoms with E-state index in [4.69, 9.17) is 0 Å². The van der Waals surface area contributed by atoms with Gasteiger partial charge in [0.25, 0.3) is 5.91 Å². The summed E-state index contributed by atoms with van der Waals surface area (Å²) in [6, 6.07) is 8.53. The lowest BCUT2D eigenvalue weighted by Gasteiger charge is -2.62. The van der Waals surface area contributed by atoms with Gasteiger partial charge in [0.05, 0.1) is 5.56 Å². The molecular formula is C22H31NOS. The topological polar surface area (TPSA) is 29.1 Å². The van der Waals surface area contributed by atoms with E-state index in [1.54, 1.807) is 11.3 Å². The molecule has 3 saturated carbocycles. The van der Waals surface area contributed by atoms with Crippen molar-refractivity contribution in [1.82, 2.24) is 5.32 Å². The minimum Gasteiger partial charge on any atom is -0.349 e. The van der Waals surface area contributed by atoms with Gasteiger partial charge in [-0.1, -0.05) is 59.2 Å². The molecule has 25 heavy (non-hydrogen) atoms. The first-order chi connectivity index (χ1) is 12.0. The highest BCUT2D eigenvalue weighted by atomic mass is 32.1. The quantitative estimate of drug-likeness (QED) is 0.704. The van der Waals surface area contributed by atoms with E-state index in [1.807, 2.05) is 31.4 Å². The fraction of sp³-hybridized carbons (Fsp3) is 0.591. The number of fused-ring (bicyclic) bond motifs is 3. The fourth-order valence-corrected chi connectivity index (χ4v) is 5.87. The maximum atomic E-state index is 12.9. The molecule has 3 aliphatic carbocycles. The summed E-state index contributed by atoms with van der Waals surface area (Å²) in [6.45, 7) is 11.0. The van der Waals surface area contributed by atoms with Crippen LogP contribution >= 0.6 is 11.3 Å². The van der Waals surface area contributed by atoms with Gasteiger partial charge in [0.15, 0.2) is 0 Å². The summed E-state index contributed by atoms with van der Waals surface area (Å²) in [6.07, 6.45) is 3.73. The van der Waals surface area contributed by atoms with Crippen LogP contribution in [0.1, 0.15) is 64.2 Å². The number of rotatable bonds is 3. The Hall–Kier alpha value is -1.35. The highest BCUT2D eigenvalue weighted by molar-refractivity contribution is 7.17. The molecule has 2 nitrogen and oxygen atoms in total. The maximum Gasteiger partial charge on any atom is 0.252 e. The van der Waals surface area contributed by atoms with E-state index in [-0.39, 0.29) is 5.91 Å². The van der Waals surface area contributed by atoms with Crippen molar-refractivity contribution in [1.29, 1.82) is 0 Å². The molecular weight excluding hydrogens is 326 g/mol. The van der Waals surface area contributed by atoms with Crippen LogP contribution in [-0.4, -0.2) is 11.9 Å². The predicted octanol–water partition coefficient (Wildman–Crippen LogP) is 6.12. The third-order valence-electron chi connectivity index (χ3n) is 6.62. The number of carbonyl (C=O) groups excluding carboxylic acids is 1. The average molecular weight is 358 g/mol. The zero-order valence-corrected chi connectivity index (χ0v) is 17.0. The first-order valence-electron chi connectivity index (χ1n) is 9.79. The molecule has 4 atom stereocenters. The Morgan fingerprint density at radius 2 is 1.96 bits per heavy atom. The molecule has 1 heterocycles. The molecule has 1 aromatic heterocycles. The smallest absolute Gasteiger partial charge is 0.252 e. The van der Waals surface area contributed by atoms with Gasteiger partial charge in [0, 0.05) is 21.5 Å². The Bertz CT molecular complexity index is 747. The van der Waals surface area contributed by atoms with Crippen LogP contribution in [0.3, 0.4) is 0 Å². The number of benzene rings is 1. The molecule has 0 unspecified atom stereocenters. The molecule has 0 saturated heterocycles. The predicted molar refractivity (Wildman–Crippen MR) is 108 cm³/mol. The Morgan fingerprint density at radius 3 is 2.64 bits per heavy atom. The van der Waals surface area contributed by atoms with Crippen LogP contribution in [0.2, 0.25) is 0 Å². The van der Waals surface area contributed by atoms with Crippen LogP contribution in [0.15, 0.2) is 29.6 Å². The Kier molecular flexibility index (Phi) is 5.24. The highest BCUT2D eigenvalue weighted by Gasteiger charge is 2.57. The van der Waals surface area contributed by atoms with Gasteiger partial charge in [-0.05, 0) is 42.1 Å². The summed E-state index contributed by atoms with van der Waals surface area (Å²) in [4.78, 5) is 12.9. The Labute approximate surface area is 156 Å². The monoisotopic (exact) mass is 357 g/mol. The van der Waals surface area contributed by atoms with E-state index in [1.165, 1.54) is 24.0 Å². The van der Waals surface area contributed by atoms with Gasteiger partial charge in [-0.25, -0.2) is 0 Å². The Balaban J connectivity index is 0.000000880. The normalized spacial score (nSPS) is 29.3. The molecule has 1 N–H and O–H groups in total. The molecule has 2 aromatic rings. The molecule has 1 aromatic carbocycles. The largest absolute Gasteiger partial charge is 0.349 e. The van der Waals surface area contributed by atoms with Crippen LogP contribution in [0, 0.1) is 23.2 Å². The van der Waals surface area contributed by atoms with Crippen molar-refractivity contribution in [2.75, 3.05) is 0 Å². The number of nitrogens with one attached hydrogen (secondary N) is 1. The van der Waals surface area contributed by atoms with Crippen LogP contribution < -0.4 is 5.32 Å². The second-order valence-corrected chi connectivity index (χ2v) is 8.82. The van der Waals surface area contributed by atoms with E-state index in [0.717, 1.165) is 16.9 Å². The van der Waals surface area contributed by atoms with Crippen molar-refractivity contribution in [3.63, 3.8) is 0 Å². The van der Waals surface area contributed by atoms with Gasteiger partial charge in [-0.3, -0.25) is 4.79 Å². The van der Waals surface area contributed by atoms with Crippen LogP contribution in [0.4, 0.5) is 0 Å². The van der Waals surface area contributed by atoms with E-state index >= 15 is 0 Å². The zero-order valence-electron chi connectivity index (χ0n) is 16.1. The fourth-order valence-electron chi connectivity index (χ4n) is 4.93. The molecule has 0 radical (unpaired) electrons. The molecule has 5 rings (SSSR count). The van der Waals surface area contributed by atoms with Crippen molar-refractivity contribution < 1.29 is 4.79 Å². The summed E-state index contributed by atoms with van der Waals surface area (Å²) in [5, 5.41) is 6.53. The average Bonchev–Trinajstić information content (AvgIpc) is 3.07. The summed E-state index contributed by atoms with van der Waals surface area (Å²) in [5.41, 5.74) is 1.24. The molecule has 3 fully saturated rings. The maximum absolute atomic E-state index is 12.9. The highest BCUT2D eigenvalue weighted by Crippen LogP contribution is 2.61. The van der Waals surface area contributed by atoms with Crippen LogP contribution in [-0.2, 0) is 0 Å². The molecule has 3 heteroatoms. The molecule has 3 aliphatic rings. The van der Waals surface area contributed by atoms with E-state index < -0.39 is 0 Å². The van der Waals surface area contributed by atoms with Gasteiger partial charge < -0.3 is 5.32 Å². The first-order valence-corrected chi connectivity index (χ1v) is 10.7. The van der Waals surface area contributed by atoms with Gasteiger partial charge in [-0.15, -0.1) is 11.3 Å². The summed E-state index contributed by atoms with van der Waals surface area (Å²) >= 11 is 1.66. The summed E-state index contributed by atoms with van der Waals surface area (Å²) in [7, 11) is 0. The number of amides is 1. The molecule has 0 spiro atoms. The SMILES string of the molecule is CC.CC[C@H]1C[C@H]2C[C@@H]([C@@H]1NC(=O)c1csc3ccccc13)C2(C)C. The van der Waals surface area contributed by atoms with Crippen LogP contribution in [0.25, 0.3) is 10.1 Å². The third-order valence-corrected chi connectivity index (χ3v) is 7.59. The number of thiophene rings is 1. The van der Waals surface area contributed by atoms with E-state index in [0.29, 0.717) is 23.3 Å². The van der Waals surface area contributed by atoms with Crippen molar-refractivity contribution in [2.45, 2.75) is 59.9 Å². The number of hydrogen-bond donors (Lipinski definition) is 1. The summed E-state index contributed by atoms with van der Waals surface area (Å²) in [5.74, 6) is 2.25. The first kappa shape index (κ1) is 18.4. The van der Waals surface area contributed by atoms with Crippen molar-refractivity contribution in [3.05, 3.63) is 35.2 Å². The molecule has 136 valence electrons. The molecule has 0 aliphatic heterocycles. The number of hydrogen-bond acceptors (Lipinski definition) is 2. The molecule has 2 bridgehead atoms. The van der Waals surface area contributed by atoms with Crippen molar-refractivity contribution in [3.8, 4) is 0 Å². The standard InChI is InChI=1S/C20H25NOS.C2H6/c1-4-12-9-13-10-16(20(13,2)3)18(12)21-19(22)15-11-23-17-8-6-5-7-14(15)17;1-2/h5-8,11-13,16,18H,4,9-10H2,1-3H3,(H,21,22);1-2H3/t12-,13-,16-,18+;/m0./s1. The van der Waals surface area contributed by atoms with Crippen molar-refractivity contribution >= 4 is 27.3 Å². The van der Waals surface area contributed by atoms with E-state index in [2.05, 4.69) is 38.2 Å². The van der Waals surface area contributed by atoms with Gasteiger partial charge >= 0.3 is 0 Å². The third kappa shape index (κ3) is 3.01. The lowest BCUT2D eigenvalue weighted by atomic mass is 9.44. The van der Waals surface area contributed by atoms with Crippen LogP contribution in [0.5, 0.6) is 0 Å². The zero-order chi connectivity index (χ0) is 18.2. The van der Waals surface area contributed by atoms with E-state index in [9.17, 15) is 4.79 Å². The lowest BCUT2D eigenvalue weighted by molar-refractivity contribution is -0.112. The van der Waals surface area contributed by atoms with Crippen molar-refractivity contribution in [2.24, 2.45) is 23.2 Å². The van der Waals surface area contributed by atoms with Gasteiger partial charge in [0.1, 0.15) is 0 Å². The second kappa shape index (κ2) is 7.11. The minimum absolute atomic E-state index is 0.118. The van der Waals surface area contributed by atoms with Gasteiger partial charge in [0.2, 0.25) is 0 Å².